The highest BCUT2D eigenvalue weighted by Crippen LogP contribution is 2.24. The van der Waals surface area contributed by atoms with Crippen molar-refractivity contribution in [2.75, 3.05) is 19.7 Å². The van der Waals surface area contributed by atoms with Gasteiger partial charge in [0, 0.05) is 30.6 Å². The third-order valence-electron chi connectivity index (χ3n) is 4.26. The molecule has 0 aromatic carbocycles. The van der Waals surface area contributed by atoms with Crippen LogP contribution in [0.15, 0.2) is 11.4 Å². The van der Waals surface area contributed by atoms with Gasteiger partial charge in [-0.3, -0.25) is 4.79 Å². The van der Waals surface area contributed by atoms with Gasteiger partial charge in [-0.25, -0.2) is 0 Å². The van der Waals surface area contributed by atoms with Crippen LogP contribution in [0.25, 0.3) is 0 Å². The van der Waals surface area contributed by atoms with Crippen molar-refractivity contribution < 1.29 is 9.53 Å². The monoisotopic (exact) mass is 294 g/mol. The Balaban J connectivity index is 1.47. The Morgan fingerprint density at radius 1 is 1.65 bits per heavy atom. The van der Waals surface area contributed by atoms with Crippen LogP contribution in [0, 0.1) is 0 Å². The lowest BCUT2D eigenvalue weighted by molar-refractivity contribution is -0.131. The smallest absolute Gasteiger partial charge is 0.236 e. The van der Waals surface area contributed by atoms with Crippen LogP contribution in [0.5, 0.6) is 0 Å². The first-order valence-corrected chi connectivity index (χ1v) is 8.30. The van der Waals surface area contributed by atoms with Gasteiger partial charge in [-0.1, -0.05) is 0 Å². The van der Waals surface area contributed by atoms with Gasteiger partial charge in [0.15, 0.2) is 0 Å². The average molecular weight is 294 g/mol. The molecule has 1 aromatic heterocycles. The number of fused-ring (bicyclic) bond motifs is 1. The van der Waals surface area contributed by atoms with E-state index in [1.54, 1.807) is 11.3 Å². The maximum absolute atomic E-state index is 12.3. The van der Waals surface area contributed by atoms with Crippen molar-refractivity contribution in [3.8, 4) is 0 Å². The Morgan fingerprint density at radius 3 is 3.35 bits per heavy atom. The third-order valence-corrected chi connectivity index (χ3v) is 5.28. The molecule has 110 valence electrons. The second-order valence-electron chi connectivity index (χ2n) is 5.66. The number of carbonyl (C=O) groups is 1. The van der Waals surface area contributed by atoms with Crippen molar-refractivity contribution in [2.45, 2.75) is 44.9 Å². The molecule has 1 N–H and O–H groups in total. The largest absolute Gasteiger partial charge is 0.377 e. The lowest BCUT2D eigenvalue weighted by atomic mass is 10.1. The molecule has 0 radical (unpaired) electrons. The standard InChI is InChI=1S/C15H22N2O2S/c1-11(13-3-2-7-19-13)16-9-15(18)17-6-4-14-12(10-17)5-8-20-14/h5,8,11,13,16H,2-4,6-7,9-10H2,1H3. The molecular weight excluding hydrogens is 272 g/mol. The zero-order chi connectivity index (χ0) is 13.9. The van der Waals surface area contributed by atoms with E-state index in [1.165, 1.54) is 10.4 Å². The molecule has 1 aromatic rings. The summed E-state index contributed by atoms with van der Waals surface area (Å²) < 4.78 is 5.64. The number of thiophene rings is 1. The molecule has 3 heterocycles. The van der Waals surface area contributed by atoms with Crippen molar-refractivity contribution in [3.05, 3.63) is 21.9 Å². The van der Waals surface area contributed by atoms with Crippen LogP contribution in [0.2, 0.25) is 0 Å². The van der Waals surface area contributed by atoms with E-state index in [9.17, 15) is 4.79 Å². The summed E-state index contributed by atoms with van der Waals surface area (Å²) >= 11 is 1.80. The number of amides is 1. The van der Waals surface area contributed by atoms with E-state index in [-0.39, 0.29) is 18.1 Å². The van der Waals surface area contributed by atoms with Crippen LogP contribution >= 0.6 is 11.3 Å². The Labute approximate surface area is 124 Å². The van der Waals surface area contributed by atoms with E-state index in [2.05, 4.69) is 23.7 Å². The van der Waals surface area contributed by atoms with Crippen molar-refractivity contribution in [1.29, 1.82) is 0 Å². The molecule has 2 aliphatic rings. The Hall–Kier alpha value is -0.910. The van der Waals surface area contributed by atoms with Crippen LogP contribution in [-0.2, 0) is 22.5 Å². The number of ether oxygens (including phenoxy) is 1. The maximum Gasteiger partial charge on any atom is 0.236 e. The molecule has 0 saturated carbocycles. The van der Waals surface area contributed by atoms with Gasteiger partial charge in [-0.15, -0.1) is 11.3 Å². The predicted molar refractivity (Wildman–Crippen MR) is 79.9 cm³/mol. The van der Waals surface area contributed by atoms with Crippen molar-refractivity contribution >= 4 is 17.2 Å². The summed E-state index contributed by atoms with van der Waals surface area (Å²) in [4.78, 5) is 15.7. The van der Waals surface area contributed by atoms with Crippen molar-refractivity contribution in [1.82, 2.24) is 10.2 Å². The predicted octanol–water partition coefficient (Wildman–Crippen LogP) is 1.79. The third kappa shape index (κ3) is 3.05. The summed E-state index contributed by atoms with van der Waals surface area (Å²) in [6, 6.07) is 2.39. The van der Waals surface area contributed by atoms with Crippen molar-refractivity contribution in [2.24, 2.45) is 0 Å². The summed E-state index contributed by atoms with van der Waals surface area (Å²) in [5.74, 6) is 0.201. The van der Waals surface area contributed by atoms with Crippen LogP contribution in [-0.4, -0.2) is 42.6 Å². The van der Waals surface area contributed by atoms with E-state index < -0.39 is 0 Å². The number of nitrogens with one attached hydrogen (secondary N) is 1. The normalized spacial score (nSPS) is 23.6. The van der Waals surface area contributed by atoms with E-state index >= 15 is 0 Å². The molecule has 1 amide bonds. The average Bonchev–Trinajstić information content (AvgIpc) is 3.13. The summed E-state index contributed by atoms with van der Waals surface area (Å²) in [6.45, 7) is 5.00. The summed E-state index contributed by atoms with van der Waals surface area (Å²) in [6.07, 6.45) is 3.51. The van der Waals surface area contributed by atoms with E-state index in [1.807, 2.05) is 4.90 Å². The van der Waals surface area contributed by atoms with Gasteiger partial charge in [0.1, 0.15) is 0 Å². The van der Waals surface area contributed by atoms with Gasteiger partial charge in [-0.05, 0) is 43.2 Å². The van der Waals surface area contributed by atoms with Gasteiger partial charge in [-0.2, -0.15) is 0 Å². The molecule has 4 nitrogen and oxygen atoms in total. The molecule has 0 aliphatic carbocycles. The molecule has 0 bridgehead atoms. The second kappa shape index (κ2) is 6.24. The minimum atomic E-state index is 0.201. The summed E-state index contributed by atoms with van der Waals surface area (Å²) in [7, 11) is 0. The van der Waals surface area contributed by atoms with E-state index in [0.717, 1.165) is 39.0 Å². The van der Waals surface area contributed by atoms with E-state index in [4.69, 9.17) is 4.74 Å². The second-order valence-corrected chi connectivity index (χ2v) is 6.66. The van der Waals surface area contributed by atoms with Gasteiger partial charge >= 0.3 is 0 Å². The zero-order valence-corrected chi connectivity index (χ0v) is 12.7. The molecular formula is C15H22N2O2S. The fraction of sp³-hybridized carbons (Fsp3) is 0.667. The first-order chi connectivity index (χ1) is 9.74. The quantitative estimate of drug-likeness (QED) is 0.920. The Kier molecular flexibility index (Phi) is 4.38. The van der Waals surface area contributed by atoms with Crippen LogP contribution < -0.4 is 5.32 Å². The molecule has 0 spiro atoms. The lowest BCUT2D eigenvalue weighted by Gasteiger charge is -2.28. The number of carbonyl (C=O) groups excluding carboxylic acids is 1. The molecule has 1 fully saturated rings. The van der Waals surface area contributed by atoms with Crippen LogP contribution in [0.1, 0.15) is 30.2 Å². The number of nitrogens with zero attached hydrogens (tertiary/aromatic N) is 1. The number of hydrogen-bond donors (Lipinski definition) is 1. The van der Waals surface area contributed by atoms with Gasteiger partial charge in [0.25, 0.3) is 0 Å². The number of rotatable bonds is 4. The topological polar surface area (TPSA) is 41.6 Å². The van der Waals surface area contributed by atoms with Gasteiger partial charge in [0.05, 0.1) is 12.6 Å². The van der Waals surface area contributed by atoms with Crippen LogP contribution in [0.3, 0.4) is 0 Å². The minimum absolute atomic E-state index is 0.201. The summed E-state index contributed by atoms with van der Waals surface area (Å²) in [5, 5.41) is 5.45. The highest BCUT2D eigenvalue weighted by Gasteiger charge is 2.25. The minimum Gasteiger partial charge on any atom is -0.377 e. The van der Waals surface area contributed by atoms with Gasteiger partial charge in [0.2, 0.25) is 5.91 Å². The van der Waals surface area contributed by atoms with Gasteiger partial charge < -0.3 is 15.0 Å². The molecule has 2 atom stereocenters. The molecule has 1 saturated heterocycles. The SMILES string of the molecule is CC(NCC(=O)N1CCc2sccc2C1)C1CCCO1. The number of hydrogen-bond acceptors (Lipinski definition) is 4. The molecule has 2 aliphatic heterocycles. The van der Waals surface area contributed by atoms with Crippen LogP contribution in [0.4, 0.5) is 0 Å². The lowest BCUT2D eigenvalue weighted by Crippen LogP contribution is -2.45. The zero-order valence-electron chi connectivity index (χ0n) is 11.9. The highest BCUT2D eigenvalue weighted by molar-refractivity contribution is 7.10. The highest BCUT2D eigenvalue weighted by atomic mass is 32.1. The maximum atomic E-state index is 12.3. The van der Waals surface area contributed by atoms with Crippen molar-refractivity contribution in [3.63, 3.8) is 0 Å². The molecule has 2 unspecified atom stereocenters. The molecule has 5 heteroatoms. The molecule has 3 rings (SSSR count). The Morgan fingerprint density at radius 2 is 2.55 bits per heavy atom. The first-order valence-electron chi connectivity index (χ1n) is 7.42. The fourth-order valence-electron chi connectivity index (χ4n) is 2.95. The molecule has 20 heavy (non-hydrogen) atoms. The van der Waals surface area contributed by atoms with E-state index in [0.29, 0.717) is 6.54 Å². The first kappa shape index (κ1) is 14.0. The fourth-order valence-corrected chi connectivity index (χ4v) is 3.84. The Bertz CT molecular complexity index is 468. The summed E-state index contributed by atoms with van der Waals surface area (Å²) in [5.41, 5.74) is 1.32.